The van der Waals surface area contributed by atoms with E-state index in [-0.39, 0.29) is 57.1 Å². The van der Waals surface area contributed by atoms with E-state index in [1.807, 2.05) is 60.7 Å². The molecular formula is C32H36Cl3NO10. The SMILES string of the molecule is CC(=O)CCC(=O)OC[C@H]1O[C@H](OC(=N)C(Cl)(Cl)Cl)[C@@H](OC(=O)CCC(C)=O)[C@@H](OCc2ccccc2)[C@@H]1OCc1ccccc1. The number of ether oxygens (including phenoxy) is 6. The van der Waals surface area contributed by atoms with Crippen LogP contribution in [0.25, 0.3) is 0 Å². The summed E-state index contributed by atoms with van der Waals surface area (Å²) in [6.07, 6.45) is -6.78. The van der Waals surface area contributed by atoms with E-state index in [1.54, 1.807) is 0 Å². The molecule has 3 rings (SSSR count). The Labute approximate surface area is 282 Å². The number of ketones is 2. The van der Waals surface area contributed by atoms with Gasteiger partial charge in [0.15, 0.2) is 6.10 Å². The molecule has 14 heteroatoms. The number of benzene rings is 2. The molecule has 46 heavy (non-hydrogen) atoms. The highest BCUT2D eigenvalue weighted by Crippen LogP contribution is 2.34. The highest BCUT2D eigenvalue weighted by atomic mass is 35.6. The van der Waals surface area contributed by atoms with Crippen LogP contribution in [-0.2, 0) is 60.8 Å². The maximum Gasteiger partial charge on any atom is 0.306 e. The summed E-state index contributed by atoms with van der Waals surface area (Å²) in [5.74, 6) is -2.68. The lowest BCUT2D eigenvalue weighted by atomic mass is 9.97. The van der Waals surface area contributed by atoms with Gasteiger partial charge in [-0.3, -0.25) is 15.0 Å². The van der Waals surface area contributed by atoms with Crippen LogP contribution in [-0.4, -0.2) is 70.5 Å². The monoisotopic (exact) mass is 699 g/mol. The number of nitrogens with one attached hydrogen (secondary N) is 1. The zero-order valence-electron chi connectivity index (χ0n) is 25.3. The van der Waals surface area contributed by atoms with E-state index < -0.39 is 52.3 Å². The molecule has 0 unspecified atom stereocenters. The largest absolute Gasteiger partial charge is 0.463 e. The topological polar surface area (TPSA) is 148 Å². The third-order valence-corrected chi connectivity index (χ3v) is 7.21. The van der Waals surface area contributed by atoms with Gasteiger partial charge in [0.25, 0.3) is 3.79 Å². The van der Waals surface area contributed by atoms with Crippen LogP contribution >= 0.6 is 34.8 Å². The number of carbonyl (C=O) groups is 4. The van der Waals surface area contributed by atoms with Crippen LogP contribution in [0.15, 0.2) is 60.7 Å². The summed E-state index contributed by atoms with van der Waals surface area (Å²) in [6, 6.07) is 18.3. The first-order valence-electron chi connectivity index (χ1n) is 14.5. The van der Waals surface area contributed by atoms with Gasteiger partial charge in [-0.15, -0.1) is 0 Å². The van der Waals surface area contributed by atoms with Crippen molar-refractivity contribution in [3.8, 4) is 0 Å². The van der Waals surface area contributed by atoms with E-state index in [0.29, 0.717) is 0 Å². The first-order valence-corrected chi connectivity index (χ1v) is 15.6. The number of rotatable bonds is 16. The van der Waals surface area contributed by atoms with Crippen molar-refractivity contribution in [2.24, 2.45) is 0 Å². The fourth-order valence-corrected chi connectivity index (χ4v) is 4.49. The molecule has 0 aliphatic carbocycles. The van der Waals surface area contributed by atoms with Gasteiger partial charge in [-0.05, 0) is 25.0 Å². The van der Waals surface area contributed by atoms with Gasteiger partial charge in [-0.25, -0.2) is 0 Å². The first-order chi connectivity index (χ1) is 21.8. The van der Waals surface area contributed by atoms with Gasteiger partial charge in [0.1, 0.15) is 36.5 Å². The number of alkyl halides is 3. The molecule has 0 bridgehead atoms. The molecule has 0 radical (unpaired) electrons. The van der Waals surface area contributed by atoms with E-state index >= 15 is 0 Å². The van der Waals surface area contributed by atoms with Gasteiger partial charge in [0.2, 0.25) is 12.2 Å². The van der Waals surface area contributed by atoms with Crippen molar-refractivity contribution in [2.45, 2.75) is 87.2 Å². The van der Waals surface area contributed by atoms with Gasteiger partial charge < -0.3 is 38.0 Å². The highest BCUT2D eigenvalue weighted by Gasteiger charge is 2.52. The molecule has 250 valence electrons. The third-order valence-electron chi connectivity index (χ3n) is 6.69. The summed E-state index contributed by atoms with van der Waals surface area (Å²) < 4.78 is 33.3. The Morgan fingerprint density at radius 2 is 1.22 bits per heavy atom. The molecule has 1 aliphatic rings. The van der Waals surface area contributed by atoms with E-state index in [0.717, 1.165) is 11.1 Å². The van der Waals surface area contributed by atoms with Crippen molar-refractivity contribution >= 4 is 64.2 Å². The number of hydrogen-bond donors (Lipinski definition) is 1. The van der Waals surface area contributed by atoms with Crippen molar-refractivity contribution in [2.75, 3.05) is 6.61 Å². The van der Waals surface area contributed by atoms with E-state index in [1.165, 1.54) is 13.8 Å². The zero-order valence-corrected chi connectivity index (χ0v) is 27.6. The molecule has 0 saturated carbocycles. The molecule has 2 aromatic rings. The number of carbonyl (C=O) groups excluding carboxylic acids is 4. The minimum Gasteiger partial charge on any atom is -0.463 e. The van der Waals surface area contributed by atoms with Gasteiger partial charge in [-0.2, -0.15) is 0 Å². The quantitative estimate of drug-likeness (QED) is 0.104. The summed E-state index contributed by atoms with van der Waals surface area (Å²) in [5.41, 5.74) is 1.57. The molecule has 1 heterocycles. The van der Waals surface area contributed by atoms with Crippen molar-refractivity contribution in [3.63, 3.8) is 0 Å². The van der Waals surface area contributed by atoms with Crippen molar-refractivity contribution < 1.29 is 47.6 Å². The number of hydrogen-bond acceptors (Lipinski definition) is 11. The van der Waals surface area contributed by atoms with Crippen molar-refractivity contribution in [1.29, 1.82) is 5.41 Å². The fraction of sp³-hybridized carbons (Fsp3) is 0.469. The van der Waals surface area contributed by atoms with Gasteiger partial charge in [0.05, 0.1) is 26.1 Å². The molecule has 0 aromatic heterocycles. The summed E-state index contributed by atoms with van der Waals surface area (Å²) in [6.45, 7) is 2.41. The lowest BCUT2D eigenvalue weighted by molar-refractivity contribution is -0.304. The molecule has 0 amide bonds. The Balaban J connectivity index is 2.00. The van der Waals surface area contributed by atoms with Crippen LogP contribution in [0.2, 0.25) is 0 Å². The maximum atomic E-state index is 13.0. The van der Waals surface area contributed by atoms with Crippen LogP contribution in [0, 0.1) is 5.41 Å². The molecular weight excluding hydrogens is 665 g/mol. The molecule has 11 nitrogen and oxygen atoms in total. The van der Waals surface area contributed by atoms with Crippen LogP contribution in [0.3, 0.4) is 0 Å². The maximum absolute atomic E-state index is 13.0. The van der Waals surface area contributed by atoms with E-state index in [9.17, 15) is 19.2 Å². The Bertz CT molecular complexity index is 1320. The molecule has 1 N–H and O–H groups in total. The van der Waals surface area contributed by atoms with Gasteiger partial charge >= 0.3 is 11.9 Å². The van der Waals surface area contributed by atoms with Crippen molar-refractivity contribution in [1.82, 2.24) is 0 Å². The Kier molecular flexibility index (Phi) is 14.9. The highest BCUT2D eigenvalue weighted by molar-refractivity contribution is 6.76. The summed E-state index contributed by atoms with van der Waals surface area (Å²) in [7, 11) is 0. The molecule has 2 aromatic carbocycles. The van der Waals surface area contributed by atoms with Crippen LogP contribution < -0.4 is 0 Å². The minimum atomic E-state index is -2.30. The van der Waals surface area contributed by atoms with Gasteiger partial charge in [0, 0.05) is 12.8 Å². The molecule has 5 atom stereocenters. The predicted molar refractivity (Wildman–Crippen MR) is 168 cm³/mol. The molecule has 1 fully saturated rings. The fourth-order valence-electron chi connectivity index (χ4n) is 4.35. The lowest BCUT2D eigenvalue weighted by Gasteiger charge is -2.45. The predicted octanol–water partition coefficient (Wildman–Crippen LogP) is 5.44. The summed E-state index contributed by atoms with van der Waals surface area (Å²) in [4.78, 5) is 48.4. The number of halogens is 3. The second kappa shape index (κ2) is 18.3. The Hall–Kier alpha value is -3.06. The van der Waals surface area contributed by atoms with E-state index in [4.69, 9.17) is 68.6 Å². The summed E-state index contributed by atoms with van der Waals surface area (Å²) >= 11 is 17.7. The van der Waals surface area contributed by atoms with Crippen molar-refractivity contribution in [3.05, 3.63) is 71.8 Å². The van der Waals surface area contributed by atoms with Crippen LogP contribution in [0.4, 0.5) is 0 Å². The lowest BCUT2D eigenvalue weighted by Crippen LogP contribution is -2.62. The van der Waals surface area contributed by atoms with Crippen LogP contribution in [0.1, 0.15) is 50.7 Å². The summed E-state index contributed by atoms with van der Waals surface area (Å²) in [5, 5.41) is 8.19. The smallest absolute Gasteiger partial charge is 0.306 e. The normalized spacial score (nSPS) is 21.2. The zero-order chi connectivity index (χ0) is 33.7. The molecule has 1 aliphatic heterocycles. The molecule has 0 spiro atoms. The first kappa shape index (κ1) is 37.4. The Morgan fingerprint density at radius 3 is 1.72 bits per heavy atom. The second-order valence-electron chi connectivity index (χ2n) is 10.6. The Morgan fingerprint density at radius 1 is 0.717 bits per heavy atom. The standard InChI is InChI=1S/C32H36Cl3NO10/c1-20(37)13-15-25(39)41-19-24-27(42-17-22-9-5-3-6-10-22)28(43-18-23-11-7-4-8-12-23)29(45-26(40)16-14-21(2)38)30(44-24)46-31(36)32(33,34)35/h3-12,24,27-30,36H,13-19H2,1-2H3/t24-,27-,28+,29+,30-/m1/s1. The average Bonchev–Trinajstić information content (AvgIpc) is 3.01. The van der Waals surface area contributed by atoms with Crippen LogP contribution in [0.5, 0.6) is 0 Å². The third kappa shape index (κ3) is 12.6. The number of Topliss-reactive ketones (excluding diaryl/α,β-unsaturated/α-hetero) is 2. The minimum absolute atomic E-state index is 0.00839. The van der Waals surface area contributed by atoms with Gasteiger partial charge in [-0.1, -0.05) is 95.5 Å². The number of esters is 2. The second-order valence-corrected chi connectivity index (χ2v) is 12.8. The average molecular weight is 701 g/mol. The van der Waals surface area contributed by atoms with E-state index in [2.05, 4.69) is 0 Å². The molecule has 1 saturated heterocycles.